The third kappa shape index (κ3) is 1.70. The van der Waals surface area contributed by atoms with Crippen LogP contribution in [0.2, 0.25) is 4.34 Å². The number of nitrogens with zero attached hydrogens (tertiary/aromatic N) is 2. The fourth-order valence-electron chi connectivity index (χ4n) is 0.633. The molecule has 4 heteroatoms. The lowest BCUT2D eigenvalue weighted by atomic mass is 10.2. The van der Waals surface area contributed by atoms with Crippen molar-refractivity contribution in [3.05, 3.63) is 15.0 Å². The zero-order chi connectivity index (χ0) is 8.43. The average molecular weight is 187 g/mol. The van der Waals surface area contributed by atoms with Gasteiger partial charge in [-0.3, -0.25) is 0 Å². The van der Waals surface area contributed by atoms with E-state index in [0.717, 1.165) is 5.01 Å². The molecule has 0 spiro atoms. The number of hydrogen-bond donors (Lipinski definition) is 0. The molecule has 0 saturated heterocycles. The van der Waals surface area contributed by atoms with Crippen LogP contribution in [0.15, 0.2) is 0 Å². The van der Waals surface area contributed by atoms with Crippen LogP contribution in [0, 0.1) is 11.3 Å². The molecule has 0 aliphatic heterocycles. The summed E-state index contributed by atoms with van der Waals surface area (Å²) in [5.41, 5.74) is 0.348. The summed E-state index contributed by atoms with van der Waals surface area (Å²) in [6.07, 6.45) is 0. The van der Waals surface area contributed by atoms with Gasteiger partial charge in [0.05, 0.1) is 5.01 Å². The summed E-state index contributed by atoms with van der Waals surface area (Å²) in [7, 11) is 0. The standard InChI is InChI=1S/C7H7ClN2S/c1-4(2)7-10-5(3-9)6(8)11-7/h4H,1-2H3. The van der Waals surface area contributed by atoms with E-state index in [1.807, 2.05) is 19.9 Å². The van der Waals surface area contributed by atoms with Crippen LogP contribution in [0.1, 0.15) is 30.5 Å². The monoisotopic (exact) mass is 186 g/mol. The fraction of sp³-hybridized carbons (Fsp3) is 0.429. The summed E-state index contributed by atoms with van der Waals surface area (Å²) >= 11 is 7.10. The van der Waals surface area contributed by atoms with E-state index in [0.29, 0.717) is 15.9 Å². The van der Waals surface area contributed by atoms with Crippen molar-refractivity contribution in [2.75, 3.05) is 0 Å². The number of aromatic nitrogens is 1. The Hall–Kier alpha value is -0.590. The number of halogens is 1. The van der Waals surface area contributed by atoms with Crippen LogP contribution in [0.3, 0.4) is 0 Å². The molecule has 0 amide bonds. The first kappa shape index (κ1) is 8.51. The van der Waals surface area contributed by atoms with Crippen molar-refractivity contribution < 1.29 is 0 Å². The van der Waals surface area contributed by atoms with Gasteiger partial charge in [-0.15, -0.1) is 11.3 Å². The van der Waals surface area contributed by atoms with Crippen molar-refractivity contribution in [1.29, 1.82) is 5.26 Å². The minimum absolute atomic E-state index is 0.347. The Kier molecular flexibility index (Phi) is 2.48. The molecule has 0 bridgehead atoms. The minimum Gasteiger partial charge on any atom is -0.229 e. The van der Waals surface area contributed by atoms with Crippen LogP contribution >= 0.6 is 22.9 Å². The van der Waals surface area contributed by atoms with E-state index in [1.165, 1.54) is 11.3 Å². The van der Waals surface area contributed by atoms with Crippen molar-refractivity contribution in [3.63, 3.8) is 0 Å². The largest absolute Gasteiger partial charge is 0.229 e. The normalized spacial score (nSPS) is 10.1. The van der Waals surface area contributed by atoms with Gasteiger partial charge in [0, 0.05) is 5.92 Å². The van der Waals surface area contributed by atoms with E-state index in [9.17, 15) is 0 Å². The highest BCUT2D eigenvalue weighted by molar-refractivity contribution is 7.16. The van der Waals surface area contributed by atoms with Crippen molar-refractivity contribution in [3.8, 4) is 6.07 Å². The smallest absolute Gasteiger partial charge is 0.170 e. The van der Waals surface area contributed by atoms with Crippen LogP contribution in [-0.2, 0) is 0 Å². The Balaban J connectivity index is 3.07. The molecule has 0 radical (unpaired) electrons. The zero-order valence-corrected chi connectivity index (χ0v) is 7.83. The molecule has 0 aromatic carbocycles. The van der Waals surface area contributed by atoms with Crippen molar-refractivity contribution >= 4 is 22.9 Å². The Morgan fingerprint density at radius 3 is 2.55 bits per heavy atom. The van der Waals surface area contributed by atoms with Crippen LogP contribution < -0.4 is 0 Å². The topological polar surface area (TPSA) is 36.7 Å². The Labute approximate surface area is 74.4 Å². The maximum Gasteiger partial charge on any atom is 0.170 e. The Bertz CT molecular complexity index is 298. The molecule has 0 atom stereocenters. The molecule has 1 aromatic rings. The first-order valence-corrected chi connectivity index (χ1v) is 4.41. The molecule has 0 fully saturated rings. The SMILES string of the molecule is CC(C)c1nc(C#N)c(Cl)s1. The van der Waals surface area contributed by atoms with Gasteiger partial charge in [-0.25, -0.2) is 4.98 Å². The van der Waals surface area contributed by atoms with Crippen LogP contribution in [-0.4, -0.2) is 4.98 Å². The highest BCUT2D eigenvalue weighted by Gasteiger charge is 2.10. The second kappa shape index (κ2) is 3.21. The summed E-state index contributed by atoms with van der Waals surface area (Å²) in [5, 5.41) is 9.45. The van der Waals surface area contributed by atoms with Gasteiger partial charge in [0.15, 0.2) is 5.69 Å². The van der Waals surface area contributed by atoms with Gasteiger partial charge in [-0.05, 0) is 0 Å². The molecule has 0 aliphatic rings. The third-order valence-electron chi connectivity index (χ3n) is 1.20. The van der Waals surface area contributed by atoms with E-state index < -0.39 is 0 Å². The maximum atomic E-state index is 8.52. The number of rotatable bonds is 1. The second-order valence-electron chi connectivity index (χ2n) is 2.44. The predicted octanol–water partition coefficient (Wildman–Crippen LogP) is 2.79. The van der Waals surface area contributed by atoms with Gasteiger partial charge in [0.25, 0.3) is 0 Å². The lowest BCUT2D eigenvalue weighted by Gasteiger charge is -1.94. The minimum atomic E-state index is 0.347. The summed E-state index contributed by atoms with van der Waals surface area (Å²) in [6, 6.07) is 1.94. The lowest BCUT2D eigenvalue weighted by molar-refractivity contribution is 0.850. The molecule has 0 aliphatic carbocycles. The molecule has 58 valence electrons. The Morgan fingerprint density at radius 2 is 2.27 bits per heavy atom. The first-order chi connectivity index (χ1) is 5.15. The van der Waals surface area contributed by atoms with Gasteiger partial charge in [-0.1, -0.05) is 25.4 Å². The molecular weight excluding hydrogens is 180 g/mol. The van der Waals surface area contributed by atoms with E-state index >= 15 is 0 Å². The number of thiazole rings is 1. The van der Waals surface area contributed by atoms with Crippen LogP contribution in [0.5, 0.6) is 0 Å². The zero-order valence-electron chi connectivity index (χ0n) is 6.26. The van der Waals surface area contributed by atoms with Crippen LogP contribution in [0.4, 0.5) is 0 Å². The number of hydrogen-bond acceptors (Lipinski definition) is 3. The summed E-state index contributed by atoms with van der Waals surface area (Å²) < 4.78 is 0.496. The van der Waals surface area contributed by atoms with Gasteiger partial charge in [0.1, 0.15) is 10.4 Å². The maximum absolute atomic E-state index is 8.52. The molecule has 1 rings (SSSR count). The number of nitriles is 1. The third-order valence-corrected chi connectivity index (χ3v) is 2.76. The lowest BCUT2D eigenvalue weighted by Crippen LogP contribution is -1.84. The molecule has 11 heavy (non-hydrogen) atoms. The summed E-state index contributed by atoms with van der Waals surface area (Å²) in [4.78, 5) is 4.05. The molecule has 2 nitrogen and oxygen atoms in total. The van der Waals surface area contributed by atoms with Crippen LogP contribution in [0.25, 0.3) is 0 Å². The van der Waals surface area contributed by atoms with Gasteiger partial charge >= 0.3 is 0 Å². The summed E-state index contributed by atoms with van der Waals surface area (Å²) in [6.45, 7) is 4.05. The molecule has 1 heterocycles. The van der Waals surface area contributed by atoms with E-state index in [4.69, 9.17) is 16.9 Å². The first-order valence-electron chi connectivity index (χ1n) is 3.21. The summed E-state index contributed by atoms with van der Waals surface area (Å²) in [5.74, 6) is 0.347. The molecular formula is C7H7ClN2S. The molecule has 1 aromatic heterocycles. The molecule has 0 saturated carbocycles. The van der Waals surface area contributed by atoms with E-state index in [-0.39, 0.29) is 0 Å². The van der Waals surface area contributed by atoms with Crippen molar-refractivity contribution in [2.24, 2.45) is 0 Å². The van der Waals surface area contributed by atoms with E-state index in [2.05, 4.69) is 4.98 Å². The molecule has 0 unspecified atom stereocenters. The van der Waals surface area contributed by atoms with Gasteiger partial charge in [-0.2, -0.15) is 5.26 Å². The highest BCUT2D eigenvalue weighted by Crippen LogP contribution is 2.28. The van der Waals surface area contributed by atoms with Gasteiger partial charge in [0.2, 0.25) is 0 Å². The average Bonchev–Trinajstić information content (AvgIpc) is 2.31. The Morgan fingerprint density at radius 1 is 1.64 bits per heavy atom. The van der Waals surface area contributed by atoms with Crippen molar-refractivity contribution in [2.45, 2.75) is 19.8 Å². The molecule has 0 N–H and O–H groups in total. The van der Waals surface area contributed by atoms with Gasteiger partial charge < -0.3 is 0 Å². The van der Waals surface area contributed by atoms with E-state index in [1.54, 1.807) is 0 Å². The highest BCUT2D eigenvalue weighted by atomic mass is 35.5. The quantitative estimate of drug-likeness (QED) is 0.676. The van der Waals surface area contributed by atoms with Crippen molar-refractivity contribution in [1.82, 2.24) is 4.98 Å². The fourth-order valence-corrected chi connectivity index (χ4v) is 1.70. The predicted molar refractivity (Wildman–Crippen MR) is 45.9 cm³/mol. The second-order valence-corrected chi connectivity index (χ2v) is 4.07.